The highest BCUT2D eigenvalue weighted by molar-refractivity contribution is 5.99. The molecule has 8 amide bonds. The molecule has 9 atom stereocenters. The van der Waals surface area contributed by atoms with Crippen molar-refractivity contribution in [1.82, 2.24) is 57.1 Å². The molecule has 0 bridgehead atoms. The maximum Gasteiger partial charge on any atom is 0.326 e. The Bertz CT molecular complexity index is 3110. The molecule has 6 rings (SSSR count). The molecule has 1 aliphatic heterocycles. The van der Waals surface area contributed by atoms with E-state index in [1.54, 1.807) is 48.7 Å². The first-order valence-corrected chi connectivity index (χ1v) is 29.1. The average Bonchev–Trinajstić information content (AvgIpc) is 4.39. The van der Waals surface area contributed by atoms with Gasteiger partial charge in [-0.25, -0.2) is 9.78 Å². The van der Waals surface area contributed by atoms with Gasteiger partial charge in [0.2, 0.25) is 47.3 Å². The number of para-hydroxylation sites is 1. The molecular weight excluding hydrogens is 1100 g/mol. The van der Waals surface area contributed by atoms with Crippen LogP contribution in [-0.2, 0) is 68.8 Å². The van der Waals surface area contributed by atoms with Crippen molar-refractivity contribution in [1.29, 1.82) is 0 Å². The van der Waals surface area contributed by atoms with Gasteiger partial charge in [-0.3, -0.25) is 43.3 Å². The number of amides is 8. The monoisotopic (exact) mass is 1190 g/mol. The first kappa shape index (κ1) is 66.0. The summed E-state index contributed by atoms with van der Waals surface area (Å²) in [7, 11) is 0. The average molecular weight is 1190 g/mol. The number of likely N-dealkylation sites (tertiary alicyclic amines) is 1. The molecule has 25 heteroatoms. The number of nitrogens with two attached hydrogens (primary N) is 3. The first-order valence-electron chi connectivity index (χ1n) is 29.1. The van der Waals surface area contributed by atoms with Crippen LogP contribution < -0.4 is 54.4 Å². The molecular formula is C61H83N15O10. The number of aromatic amines is 2. The standard InChI is InChI=1S/C61H83N15O10/c1-35(2)26-45(54(79)75-50(60(85)86)29-39-18-10-7-11-19-39)71-53(78)44(22-14-24-66-61(63)64)69-57(82)48(31-41-33-65-34-68-41)72-56(81)47(30-40-32-67-43-21-13-12-20-42(40)43)73-58(83)51-23-15-25-76(51)59(84)49(27-36(3)4)74-55(80)46(70-52(77)37(5)62)28-38-16-8-6-9-17-38/h6-13,16-21,32-37,44-51,67H,14-15,22-31,62H2,1-5H3,(H,65,68)(H,69,82)(H,70,77)(H,71,78)(H,72,81)(H,73,83)(H,74,80)(H,75,79)(H,85,86)(H4,63,64,66)/t37-,44-,45-,46-,47-,48-,49-,50-,51-/m0/s1. The van der Waals surface area contributed by atoms with E-state index >= 15 is 4.79 Å². The highest BCUT2D eigenvalue weighted by Crippen LogP contribution is 2.23. The fourth-order valence-corrected chi connectivity index (χ4v) is 10.3. The largest absolute Gasteiger partial charge is 0.480 e. The van der Waals surface area contributed by atoms with Gasteiger partial charge in [0.1, 0.15) is 48.3 Å². The number of carboxylic acid groups (broad SMARTS) is 1. The second kappa shape index (κ2) is 32.2. The molecule has 0 saturated carbocycles. The predicted molar refractivity (Wildman–Crippen MR) is 323 cm³/mol. The number of hydrogen-bond donors (Lipinski definition) is 13. The minimum absolute atomic E-state index is 0.0294. The number of nitrogens with zero attached hydrogens (tertiary/aromatic N) is 3. The molecule has 3 heterocycles. The van der Waals surface area contributed by atoms with Gasteiger partial charge in [-0.2, -0.15) is 0 Å². The zero-order chi connectivity index (χ0) is 62.5. The summed E-state index contributed by atoms with van der Waals surface area (Å²) >= 11 is 0. The van der Waals surface area contributed by atoms with Gasteiger partial charge < -0.3 is 74.4 Å². The number of imidazole rings is 1. The Hall–Kier alpha value is -9.13. The molecule has 1 aliphatic rings. The number of H-pyrrole nitrogens is 2. The van der Waals surface area contributed by atoms with Crippen LogP contribution in [0.15, 0.2) is 109 Å². The second-order valence-electron chi connectivity index (χ2n) is 22.7. The Labute approximate surface area is 500 Å². The zero-order valence-corrected chi connectivity index (χ0v) is 49.3. The third kappa shape index (κ3) is 20.0. The molecule has 0 spiro atoms. The van der Waals surface area contributed by atoms with E-state index in [2.05, 4.69) is 57.2 Å². The maximum atomic E-state index is 15.0. The summed E-state index contributed by atoms with van der Waals surface area (Å²) in [4.78, 5) is 143. The second-order valence-corrected chi connectivity index (χ2v) is 22.7. The van der Waals surface area contributed by atoms with Crippen molar-refractivity contribution < 1.29 is 48.3 Å². The Balaban J connectivity index is 1.26. The van der Waals surface area contributed by atoms with E-state index in [-0.39, 0.29) is 88.7 Å². The van der Waals surface area contributed by atoms with Gasteiger partial charge in [0.15, 0.2) is 5.96 Å². The lowest BCUT2D eigenvalue weighted by Gasteiger charge is -2.31. The molecule has 25 nitrogen and oxygen atoms in total. The van der Waals surface area contributed by atoms with Gasteiger partial charge in [0.25, 0.3) is 0 Å². The van der Waals surface area contributed by atoms with Gasteiger partial charge in [-0.1, -0.05) is 107 Å². The lowest BCUT2D eigenvalue weighted by Crippen LogP contribution is -2.61. The number of aliphatic imine (C=N–C) groups is 1. The number of fused-ring (bicyclic) bond motifs is 1. The van der Waals surface area contributed by atoms with E-state index in [1.807, 2.05) is 70.2 Å². The summed E-state index contributed by atoms with van der Waals surface area (Å²) in [5.74, 6) is -7.31. The van der Waals surface area contributed by atoms with Crippen molar-refractivity contribution in [2.75, 3.05) is 13.1 Å². The molecule has 462 valence electrons. The molecule has 5 aromatic rings. The molecule has 3 aromatic carbocycles. The Morgan fingerprint density at radius 2 is 1.13 bits per heavy atom. The van der Waals surface area contributed by atoms with Crippen LogP contribution in [0.1, 0.15) is 95.5 Å². The van der Waals surface area contributed by atoms with Crippen molar-refractivity contribution in [2.45, 2.75) is 153 Å². The van der Waals surface area contributed by atoms with Crippen LogP contribution >= 0.6 is 0 Å². The van der Waals surface area contributed by atoms with Gasteiger partial charge in [-0.05, 0) is 80.0 Å². The van der Waals surface area contributed by atoms with Crippen LogP contribution in [0.5, 0.6) is 0 Å². The highest BCUT2D eigenvalue weighted by atomic mass is 16.4. The summed E-state index contributed by atoms with van der Waals surface area (Å²) in [6.45, 7) is 9.12. The number of guanidine groups is 1. The van der Waals surface area contributed by atoms with E-state index in [4.69, 9.17) is 17.2 Å². The third-order valence-corrected chi connectivity index (χ3v) is 14.6. The summed E-state index contributed by atoms with van der Waals surface area (Å²) in [5, 5.41) is 30.3. The van der Waals surface area contributed by atoms with Crippen molar-refractivity contribution >= 4 is 70.1 Å². The van der Waals surface area contributed by atoms with Crippen LogP contribution in [-0.4, -0.2) is 152 Å². The van der Waals surface area contributed by atoms with E-state index in [9.17, 15) is 43.5 Å². The summed E-state index contributed by atoms with van der Waals surface area (Å²) < 4.78 is 0. The SMILES string of the molecule is CC(C)C[C@H](NC(=O)[C@H](CCCN=C(N)N)NC(=O)[C@H](Cc1cnc[nH]1)NC(=O)[C@H](Cc1c[nH]c2ccccc12)NC(=O)[C@@H]1CCCN1C(=O)[C@H](CC(C)C)NC(=O)[C@H](Cc1ccccc1)NC(=O)[C@H](C)N)C(=O)N[C@@H](Cc1ccccc1)C(=O)O. The van der Waals surface area contributed by atoms with Crippen LogP contribution in [0.3, 0.4) is 0 Å². The van der Waals surface area contributed by atoms with Gasteiger partial charge in [-0.15, -0.1) is 0 Å². The smallest absolute Gasteiger partial charge is 0.326 e. The predicted octanol–water partition coefficient (Wildman–Crippen LogP) is 1.12. The Morgan fingerprint density at radius 3 is 1.72 bits per heavy atom. The van der Waals surface area contributed by atoms with E-state index in [1.165, 1.54) is 24.3 Å². The summed E-state index contributed by atoms with van der Waals surface area (Å²) in [6, 6.07) is 14.2. The normalized spacial score (nSPS) is 15.9. The van der Waals surface area contributed by atoms with E-state index in [0.717, 1.165) is 16.5 Å². The number of nitrogens with one attached hydrogen (secondary N) is 9. The van der Waals surface area contributed by atoms with E-state index < -0.39 is 108 Å². The molecule has 86 heavy (non-hydrogen) atoms. The lowest BCUT2D eigenvalue weighted by molar-refractivity contribution is -0.143. The third-order valence-electron chi connectivity index (χ3n) is 14.6. The summed E-state index contributed by atoms with van der Waals surface area (Å²) in [6.07, 6.45) is 5.38. The molecule has 16 N–H and O–H groups in total. The van der Waals surface area contributed by atoms with Crippen LogP contribution in [0.25, 0.3) is 10.9 Å². The maximum absolute atomic E-state index is 15.0. The van der Waals surface area contributed by atoms with Crippen LogP contribution in [0.2, 0.25) is 0 Å². The fraction of sp³-hybridized carbons (Fsp3) is 0.459. The zero-order valence-electron chi connectivity index (χ0n) is 49.3. The quantitative estimate of drug-likeness (QED) is 0.0163. The fourth-order valence-electron chi connectivity index (χ4n) is 10.3. The van der Waals surface area contributed by atoms with Gasteiger partial charge in [0, 0.05) is 67.8 Å². The minimum Gasteiger partial charge on any atom is -0.480 e. The number of benzene rings is 3. The number of aromatic nitrogens is 3. The molecule has 2 aromatic heterocycles. The van der Waals surface area contributed by atoms with Crippen molar-refractivity contribution in [3.05, 3.63) is 126 Å². The number of carbonyl (C=O) groups excluding carboxylic acids is 8. The number of carboxylic acids is 1. The topological polar surface area (TPSA) is 396 Å². The van der Waals surface area contributed by atoms with Crippen LogP contribution in [0.4, 0.5) is 0 Å². The summed E-state index contributed by atoms with van der Waals surface area (Å²) in [5.41, 5.74) is 20.3. The molecule has 0 radical (unpaired) electrons. The molecule has 1 saturated heterocycles. The van der Waals surface area contributed by atoms with Crippen molar-refractivity contribution in [3.63, 3.8) is 0 Å². The van der Waals surface area contributed by atoms with Crippen molar-refractivity contribution in [3.8, 4) is 0 Å². The lowest BCUT2D eigenvalue weighted by atomic mass is 10.00. The molecule has 1 fully saturated rings. The first-order chi connectivity index (χ1) is 41.1. The number of rotatable bonds is 32. The van der Waals surface area contributed by atoms with E-state index in [0.29, 0.717) is 23.2 Å². The Morgan fingerprint density at radius 1 is 0.616 bits per heavy atom. The van der Waals surface area contributed by atoms with Crippen LogP contribution in [0, 0.1) is 11.8 Å². The minimum atomic E-state index is -1.43. The number of aliphatic carboxylic acids is 1. The molecule has 0 aliphatic carbocycles. The Kier molecular flexibility index (Phi) is 24.7. The van der Waals surface area contributed by atoms with Gasteiger partial charge in [0.05, 0.1) is 12.4 Å². The molecule has 0 unspecified atom stereocenters. The highest BCUT2D eigenvalue weighted by Gasteiger charge is 2.41. The van der Waals surface area contributed by atoms with Gasteiger partial charge >= 0.3 is 5.97 Å². The number of carbonyl (C=O) groups is 9. The number of hydrogen-bond acceptors (Lipinski definition) is 12. The van der Waals surface area contributed by atoms with Crippen molar-refractivity contribution in [2.24, 2.45) is 34.0 Å².